The maximum absolute atomic E-state index is 14.1. The number of nitrogens with zero attached hydrogens (tertiary/aromatic N) is 2. The zero-order valence-corrected chi connectivity index (χ0v) is 23.9. The number of hydrogen-bond acceptors (Lipinski definition) is 7. The van der Waals surface area contributed by atoms with E-state index in [1.807, 2.05) is 19.9 Å². The molecule has 0 unspecified atom stereocenters. The lowest BCUT2D eigenvalue weighted by atomic mass is 10.0. The number of H-pyrrole nitrogens is 1. The summed E-state index contributed by atoms with van der Waals surface area (Å²) < 4.78 is 32.8. The van der Waals surface area contributed by atoms with Crippen LogP contribution in [0.25, 0.3) is 11.5 Å². The molecule has 2 atom stereocenters. The van der Waals surface area contributed by atoms with E-state index in [2.05, 4.69) is 36.2 Å². The van der Waals surface area contributed by atoms with Crippen LogP contribution >= 0.6 is 0 Å². The molecule has 2 heterocycles. The molecule has 2 aromatic carbocycles. The lowest BCUT2D eigenvalue weighted by molar-refractivity contribution is -0.129. The van der Waals surface area contributed by atoms with Gasteiger partial charge in [0.1, 0.15) is 30.0 Å². The summed E-state index contributed by atoms with van der Waals surface area (Å²) in [5, 5.41) is 9.95. The first-order valence-electron chi connectivity index (χ1n) is 13.7. The first kappa shape index (κ1) is 31.5. The van der Waals surface area contributed by atoms with Crippen molar-refractivity contribution < 1.29 is 32.4 Å². The van der Waals surface area contributed by atoms with Crippen molar-refractivity contribution in [3.05, 3.63) is 90.3 Å². The van der Waals surface area contributed by atoms with E-state index in [9.17, 15) is 28.0 Å². The van der Waals surface area contributed by atoms with E-state index in [-0.39, 0.29) is 36.0 Å². The Hall–Kier alpha value is -5.40. The van der Waals surface area contributed by atoms with Gasteiger partial charge in [-0.15, -0.1) is 0 Å². The van der Waals surface area contributed by atoms with Gasteiger partial charge in [0.15, 0.2) is 5.69 Å². The summed E-state index contributed by atoms with van der Waals surface area (Å²) in [5.74, 6) is -4.32. The Labute approximate surface area is 251 Å². The molecule has 4 rings (SSSR count). The van der Waals surface area contributed by atoms with E-state index in [1.165, 1.54) is 18.8 Å². The molecule has 44 heavy (non-hydrogen) atoms. The van der Waals surface area contributed by atoms with Gasteiger partial charge >= 0.3 is 0 Å². The van der Waals surface area contributed by atoms with Crippen LogP contribution in [0.3, 0.4) is 0 Å². The summed E-state index contributed by atoms with van der Waals surface area (Å²) >= 11 is 0. The number of hydrogen-bond donors (Lipinski definition) is 5. The Morgan fingerprint density at radius 1 is 0.977 bits per heavy atom. The van der Waals surface area contributed by atoms with E-state index in [4.69, 9.17) is 4.42 Å². The first-order chi connectivity index (χ1) is 21.1. The van der Waals surface area contributed by atoms with E-state index in [1.54, 1.807) is 24.3 Å². The molecule has 12 nitrogen and oxygen atoms in total. The Morgan fingerprint density at radius 2 is 1.75 bits per heavy atom. The Kier molecular flexibility index (Phi) is 10.5. The number of rotatable bonds is 13. The van der Waals surface area contributed by atoms with Crippen LogP contribution in [-0.2, 0) is 20.8 Å². The van der Waals surface area contributed by atoms with Gasteiger partial charge in [-0.05, 0) is 36.6 Å². The van der Waals surface area contributed by atoms with Gasteiger partial charge in [-0.25, -0.2) is 18.7 Å². The van der Waals surface area contributed by atoms with Crippen molar-refractivity contribution in [1.29, 1.82) is 0 Å². The van der Waals surface area contributed by atoms with Crippen molar-refractivity contribution in [3.63, 3.8) is 0 Å². The van der Waals surface area contributed by atoms with Gasteiger partial charge in [-0.1, -0.05) is 32.0 Å². The number of benzene rings is 2. The van der Waals surface area contributed by atoms with E-state index in [0.717, 1.165) is 12.1 Å². The smallest absolute Gasteiger partial charge is 0.273 e. The van der Waals surface area contributed by atoms with Crippen molar-refractivity contribution in [2.24, 2.45) is 5.92 Å². The minimum absolute atomic E-state index is 0.00593. The van der Waals surface area contributed by atoms with Gasteiger partial charge in [-0.3, -0.25) is 19.2 Å². The molecule has 0 bridgehead atoms. The molecular weight excluding hydrogens is 576 g/mol. The minimum Gasteiger partial charge on any atom is -0.444 e. The van der Waals surface area contributed by atoms with Crippen LogP contribution in [0.5, 0.6) is 0 Å². The second-order valence-electron chi connectivity index (χ2n) is 10.3. The molecule has 4 aromatic rings. The van der Waals surface area contributed by atoms with Gasteiger partial charge in [0.2, 0.25) is 23.6 Å². The summed E-state index contributed by atoms with van der Waals surface area (Å²) in [4.78, 5) is 62.6. The van der Waals surface area contributed by atoms with E-state index >= 15 is 0 Å². The molecule has 0 aliphatic rings. The molecule has 0 saturated carbocycles. The molecule has 0 aliphatic carbocycles. The third-order valence-electron chi connectivity index (χ3n) is 6.33. The number of anilines is 1. The molecule has 4 amide bonds. The van der Waals surface area contributed by atoms with Crippen molar-refractivity contribution in [3.8, 4) is 11.5 Å². The van der Waals surface area contributed by atoms with Crippen LogP contribution in [0.2, 0.25) is 0 Å². The van der Waals surface area contributed by atoms with Crippen LogP contribution in [0, 0.1) is 17.6 Å². The fourth-order valence-electron chi connectivity index (χ4n) is 4.20. The average Bonchev–Trinajstić information content (AvgIpc) is 3.70. The fourth-order valence-corrected chi connectivity index (χ4v) is 4.20. The summed E-state index contributed by atoms with van der Waals surface area (Å²) in [6, 6.07) is 9.43. The summed E-state index contributed by atoms with van der Waals surface area (Å²) in [6.07, 6.45) is 4.25. The highest BCUT2D eigenvalue weighted by Gasteiger charge is 2.27. The lowest BCUT2D eigenvalue weighted by Gasteiger charge is -2.21. The average molecular weight is 608 g/mol. The summed E-state index contributed by atoms with van der Waals surface area (Å²) in [7, 11) is 0. The molecule has 0 saturated heterocycles. The predicted molar refractivity (Wildman–Crippen MR) is 155 cm³/mol. The van der Waals surface area contributed by atoms with Crippen LogP contribution in [0.4, 0.5) is 14.5 Å². The Morgan fingerprint density at radius 3 is 2.43 bits per heavy atom. The van der Waals surface area contributed by atoms with Crippen molar-refractivity contribution >= 4 is 29.3 Å². The number of carbonyl (C=O) groups is 4. The number of carbonyl (C=O) groups excluding carboxylic acids is 4. The molecular formula is C30H31F2N7O5. The maximum Gasteiger partial charge on any atom is 0.273 e. The number of halogens is 2. The molecule has 0 aliphatic heterocycles. The quantitative estimate of drug-likeness (QED) is 0.156. The normalized spacial score (nSPS) is 12.3. The minimum atomic E-state index is -1.21. The largest absolute Gasteiger partial charge is 0.444 e. The molecule has 0 spiro atoms. The third kappa shape index (κ3) is 8.80. The predicted octanol–water partition coefficient (Wildman–Crippen LogP) is 2.97. The molecule has 5 N–H and O–H groups in total. The first-order valence-corrected chi connectivity index (χ1v) is 13.7. The Bertz CT molecular complexity index is 1590. The highest BCUT2D eigenvalue weighted by molar-refractivity contribution is 5.99. The highest BCUT2D eigenvalue weighted by atomic mass is 19.1. The molecule has 0 radical (unpaired) electrons. The fraction of sp³-hybridized carbons (Fsp3) is 0.267. The van der Waals surface area contributed by atoms with Gasteiger partial charge in [0.05, 0.1) is 18.6 Å². The van der Waals surface area contributed by atoms with Crippen LogP contribution < -0.4 is 21.3 Å². The van der Waals surface area contributed by atoms with Crippen molar-refractivity contribution in [2.45, 2.75) is 38.8 Å². The Balaban J connectivity index is 1.37. The van der Waals surface area contributed by atoms with E-state index < -0.39 is 53.9 Å². The zero-order chi connectivity index (χ0) is 31.6. The number of imidazole rings is 1. The second kappa shape index (κ2) is 14.7. The second-order valence-corrected chi connectivity index (χ2v) is 10.3. The molecule has 230 valence electrons. The van der Waals surface area contributed by atoms with E-state index in [0.29, 0.717) is 17.3 Å². The number of oxazole rings is 1. The van der Waals surface area contributed by atoms with Crippen LogP contribution in [-0.4, -0.2) is 57.2 Å². The molecule has 0 fully saturated rings. The summed E-state index contributed by atoms with van der Waals surface area (Å²) in [5.41, 5.74) is 0.880. The van der Waals surface area contributed by atoms with Gasteiger partial charge < -0.3 is 30.7 Å². The van der Waals surface area contributed by atoms with Crippen LogP contribution in [0.1, 0.15) is 36.5 Å². The standard InChI is InChI=1S/C30H31F2N7O5/c1-17(2)10-23(38-29(43)25-15-44-30(39-25)18-6-4-3-5-7-18)27(41)34-14-26(40)36-24(12-20-13-33-16-35-20)28(42)37-22-9-8-19(31)11-21(22)32/h3-9,11,13,15-17,23-24H,10,12,14H2,1-2H3,(H,33,35)(H,34,41)(H,36,40)(H,37,42)(H,38,43)/t23-,24-/m0/s1. The van der Waals surface area contributed by atoms with Crippen molar-refractivity contribution in [1.82, 2.24) is 30.9 Å². The van der Waals surface area contributed by atoms with Crippen molar-refractivity contribution in [2.75, 3.05) is 11.9 Å². The summed E-state index contributed by atoms with van der Waals surface area (Å²) in [6.45, 7) is 3.21. The van der Waals surface area contributed by atoms with Gasteiger partial charge in [0.25, 0.3) is 5.91 Å². The lowest BCUT2D eigenvalue weighted by Crippen LogP contribution is -2.52. The maximum atomic E-state index is 14.1. The number of nitrogens with one attached hydrogen (secondary N) is 5. The number of amides is 4. The number of aromatic nitrogens is 3. The van der Waals surface area contributed by atoms with Gasteiger partial charge in [0, 0.05) is 29.9 Å². The molecule has 14 heteroatoms. The van der Waals surface area contributed by atoms with Gasteiger partial charge in [-0.2, -0.15) is 0 Å². The third-order valence-corrected chi connectivity index (χ3v) is 6.33. The number of aromatic amines is 1. The topological polar surface area (TPSA) is 171 Å². The zero-order valence-electron chi connectivity index (χ0n) is 23.9. The molecule has 2 aromatic heterocycles. The monoisotopic (exact) mass is 607 g/mol. The SMILES string of the molecule is CC(C)C[C@H](NC(=O)c1coc(-c2ccccc2)n1)C(=O)NCC(=O)N[C@@H](Cc1cnc[nH]1)C(=O)Nc1ccc(F)cc1F. The van der Waals surface area contributed by atoms with Crippen LogP contribution in [0.15, 0.2) is 71.7 Å². The highest BCUT2D eigenvalue weighted by Crippen LogP contribution is 2.18.